The molecule has 3 aromatic rings. The Hall–Kier alpha value is -3.37. The lowest BCUT2D eigenvalue weighted by atomic mass is 9.92. The molecule has 0 aliphatic rings. The van der Waals surface area contributed by atoms with E-state index in [-0.39, 0.29) is 16.7 Å². The van der Waals surface area contributed by atoms with Crippen LogP contribution in [0.15, 0.2) is 53.3 Å². The average molecular weight is 534 g/mol. The molecule has 0 spiro atoms. The molecule has 2 aromatic carbocycles. The fourth-order valence-corrected chi connectivity index (χ4v) is 3.76. The number of hydrogen-bond acceptors (Lipinski definition) is 7. The number of rotatable bonds is 8. The number of nitrogens with one attached hydrogen (secondary N) is 3. The lowest BCUT2D eigenvalue weighted by molar-refractivity contribution is -0.155. The summed E-state index contributed by atoms with van der Waals surface area (Å²) in [6.45, 7) is 7.33. The first-order valence-corrected chi connectivity index (χ1v) is 11.9. The third-order valence-electron chi connectivity index (χ3n) is 5.33. The lowest BCUT2D eigenvalue weighted by Crippen LogP contribution is -2.49. The van der Waals surface area contributed by atoms with E-state index in [1.165, 1.54) is 24.6 Å². The standard InChI is InChI=1S/C25H29ClFN5O3S/c1-24(2,3)21(33)35-14-25(4,16-8-9-18(27)17(26)12-16)32-23(36)31-20-15(6-5-7-19(20)28)13-30-22-29-10-11-34-22/h5-12H,13-14,28H2,1-4H3,(H,29,30)(H2,31,32,36). The van der Waals surface area contributed by atoms with E-state index in [0.717, 1.165) is 5.56 Å². The van der Waals surface area contributed by atoms with E-state index in [2.05, 4.69) is 20.9 Å². The van der Waals surface area contributed by atoms with Crippen LogP contribution in [0.2, 0.25) is 5.02 Å². The molecule has 0 saturated heterocycles. The van der Waals surface area contributed by atoms with Crippen molar-refractivity contribution in [1.29, 1.82) is 0 Å². The summed E-state index contributed by atoms with van der Waals surface area (Å²) in [5.74, 6) is -0.954. The van der Waals surface area contributed by atoms with Gasteiger partial charge in [0.05, 0.1) is 33.5 Å². The average Bonchev–Trinajstić information content (AvgIpc) is 3.32. The summed E-state index contributed by atoms with van der Waals surface area (Å²) in [6, 6.07) is 10.1. The van der Waals surface area contributed by atoms with Gasteiger partial charge in [-0.05, 0) is 69.2 Å². The van der Waals surface area contributed by atoms with Crippen molar-refractivity contribution in [3.05, 3.63) is 70.8 Å². The van der Waals surface area contributed by atoms with E-state index in [0.29, 0.717) is 29.5 Å². The summed E-state index contributed by atoms with van der Waals surface area (Å²) < 4.78 is 24.7. The van der Waals surface area contributed by atoms with Crippen molar-refractivity contribution in [3.63, 3.8) is 0 Å². The van der Waals surface area contributed by atoms with Gasteiger partial charge in [-0.1, -0.05) is 29.8 Å². The molecular formula is C25H29ClFN5O3S. The summed E-state index contributed by atoms with van der Waals surface area (Å²) in [5, 5.41) is 9.54. The van der Waals surface area contributed by atoms with E-state index >= 15 is 0 Å². The van der Waals surface area contributed by atoms with Gasteiger partial charge in [0.1, 0.15) is 18.7 Å². The number of oxazole rings is 1. The maximum Gasteiger partial charge on any atom is 0.311 e. The molecule has 11 heteroatoms. The number of hydrogen-bond donors (Lipinski definition) is 4. The third kappa shape index (κ3) is 6.86. The molecule has 3 rings (SSSR count). The smallest absolute Gasteiger partial charge is 0.311 e. The normalized spacial score (nSPS) is 12.9. The second-order valence-electron chi connectivity index (χ2n) is 9.44. The number of halogens is 2. The largest absolute Gasteiger partial charge is 0.462 e. The molecule has 0 saturated carbocycles. The van der Waals surface area contributed by atoms with Gasteiger partial charge in [-0.3, -0.25) is 4.79 Å². The number of para-hydroxylation sites is 1. The predicted octanol–water partition coefficient (Wildman–Crippen LogP) is 5.45. The van der Waals surface area contributed by atoms with E-state index in [9.17, 15) is 9.18 Å². The second-order valence-corrected chi connectivity index (χ2v) is 10.3. The van der Waals surface area contributed by atoms with E-state index in [1.54, 1.807) is 39.8 Å². The molecule has 192 valence electrons. The van der Waals surface area contributed by atoms with Crippen molar-refractivity contribution in [1.82, 2.24) is 10.3 Å². The molecule has 5 N–H and O–H groups in total. The highest BCUT2D eigenvalue weighted by atomic mass is 35.5. The van der Waals surface area contributed by atoms with Crippen molar-refractivity contribution in [3.8, 4) is 0 Å². The molecule has 1 heterocycles. The van der Waals surface area contributed by atoms with Crippen molar-refractivity contribution in [2.45, 2.75) is 39.8 Å². The van der Waals surface area contributed by atoms with Gasteiger partial charge in [-0.15, -0.1) is 0 Å². The second kappa shape index (κ2) is 11.1. The quantitative estimate of drug-likeness (QED) is 0.170. The number of esters is 1. The highest BCUT2D eigenvalue weighted by Crippen LogP contribution is 2.29. The van der Waals surface area contributed by atoms with Crippen LogP contribution < -0.4 is 21.7 Å². The Labute approximate surface area is 219 Å². The number of nitrogens with two attached hydrogens (primary N) is 1. The van der Waals surface area contributed by atoms with Crippen LogP contribution in [0.1, 0.15) is 38.8 Å². The Kier molecular flexibility index (Phi) is 8.42. The first-order valence-electron chi connectivity index (χ1n) is 11.1. The van der Waals surface area contributed by atoms with Crippen LogP contribution in [0.3, 0.4) is 0 Å². The van der Waals surface area contributed by atoms with Gasteiger partial charge in [0, 0.05) is 6.54 Å². The summed E-state index contributed by atoms with van der Waals surface area (Å²) in [7, 11) is 0. The number of aromatic nitrogens is 1. The van der Waals surface area contributed by atoms with Crippen LogP contribution in [0, 0.1) is 11.2 Å². The van der Waals surface area contributed by atoms with Gasteiger partial charge in [0.2, 0.25) is 0 Å². The summed E-state index contributed by atoms with van der Waals surface area (Å²) in [4.78, 5) is 16.5. The minimum Gasteiger partial charge on any atom is -0.462 e. The molecule has 0 fully saturated rings. The Bertz CT molecular complexity index is 1230. The zero-order valence-electron chi connectivity index (χ0n) is 20.4. The molecule has 0 aliphatic carbocycles. The van der Waals surface area contributed by atoms with Crippen molar-refractivity contribution >= 4 is 52.3 Å². The topological polar surface area (TPSA) is 114 Å². The van der Waals surface area contributed by atoms with Crippen molar-refractivity contribution in [2.24, 2.45) is 5.41 Å². The molecule has 0 bridgehead atoms. The van der Waals surface area contributed by atoms with Gasteiger partial charge in [-0.25, -0.2) is 9.37 Å². The van der Waals surface area contributed by atoms with Gasteiger partial charge in [0.15, 0.2) is 5.11 Å². The number of nitrogen functional groups attached to an aromatic ring is 1. The summed E-state index contributed by atoms with van der Waals surface area (Å²) in [5.41, 5.74) is 6.92. The summed E-state index contributed by atoms with van der Waals surface area (Å²) >= 11 is 11.6. The number of carbonyl (C=O) groups excluding carboxylic acids is 1. The zero-order valence-corrected chi connectivity index (χ0v) is 22.0. The number of benzene rings is 2. The summed E-state index contributed by atoms with van der Waals surface area (Å²) in [6.07, 6.45) is 3.00. The number of ether oxygens (including phenoxy) is 1. The molecule has 0 radical (unpaired) electrons. The van der Waals surface area contributed by atoms with Gasteiger partial charge >= 0.3 is 5.97 Å². The number of thiocarbonyl (C=S) groups is 1. The predicted molar refractivity (Wildman–Crippen MR) is 143 cm³/mol. The number of anilines is 3. The van der Waals surface area contributed by atoms with Crippen LogP contribution in [-0.4, -0.2) is 22.7 Å². The SMILES string of the molecule is CC(C)(C)C(=O)OCC(C)(NC(=S)Nc1c(N)cccc1CNc1ncco1)c1ccc(F)c(Cl)c1. The van der Waals surface area contributed by atoms with Crippen molar-refractivity contribution in [2.75, 3.05) is 23.0 Å². The van der Waals surface area contributed by atoms with E-state index in [4.69, 9.17) is 38.7 Å². The van der Waals surface area contributed by atoms with Crippen LogP contribution >= 0.6 is 23.8 Å². The molecule has 0 amide bonds. The Morgan fingerprint density at radius 1 is 1.25 bits per heavy atom. The monoisotopic (exact) mass is 533 g/mol. The fourth-order valence-electron chi connectivity index (χ4n) is 3.25. The number of carbonyl (C=O) groups is 1. The van der Waals surface area contributed by atoms with Crippen LogP contribution in [-0.2, 0) is 21.6 Å². The molecule has 1 unspecified atom stereocenters. The fraction of sp³-hybridized carbons (Fsp3) is 0.320. The van der Waals surface area contributed by atoms with Gasteiger partial charge in [-0.2, -0.15) is 0 Å². The van der Waals surface area contributed by atoms with Crippen LogP contribution in [0.25, 0.3) is 0 Å². The number of nitrogens with zero attached hydrogens (tertiary/aromatic N) is 1. The molecule has 1 atom stereocenters. The van der Waals surface area contributed by atoms with Gasteiger partial charge < -0.3 is 30.8 Å². The van der Waals surface area contributed by atoms with Crippen LogP contribution in [0.5, 0.6) is 0 Å². The Morgan fingerprint density at radius 2 is 2.00 bits per heavy atom. The molecule has 8 nitrogen and oxygen atoms in total. The maximum absolute atomic E-state index is 13.9. The Morgan fingerprint density at radius 3 is 2.64 bits per heavy atom. The van der Waals surface area contributed by atoms with Gasteiger partial charge in [0.25, 0.3) is 6.01 Å². The van der Waals surface area contributed by atoms with E-state index < -0.39 is 22.7 Å². The Balaban J connectivity index is 1.83. The first-order chi connectivity index (χ1) is 16.9. The minimum atomic E-state index is -1.04. The third-order valence-corrected chi connectivity index (χ3v) is 5.83. The molecule has 1 aromatic heterocycles. The lowest BCUT2D eigenvalue weighted by Gasteiger charge is -2.33. The molecule has 0 aliphatic heterocycles. The first kappa shape index (κ1) is 27.2. The molecule has 36 heavy (non-hydrogen) atoms. The maximum atomic E-state index is 13.9. The van der Waals surface area contributed by atoms with E-state index in [1.807, 2.05) is 12.1 Å². The highest BCUT2D eigenvalue weighted by molar-refractivity contribution is 7.80. The van der Waals surface area contributed by atoms with Crippen LogP contribution in [0.4, 0.5) is 21.8 Å². The highest BCUT2D eigenvalue weighted by Gasteiger charge is 2.33. The zero-order chi connectivity index (χ0) is 26.5. The minimum absolute atomic E-state index is 0.0613. The molecular weight excluding hydrogens is 505 g/mol. The van der Waals surface area contributed by atoms with Crippen molar-refractivity contribution < 1.29 is 18.3 Å².